The first-order valence-corrected chi connectivity index (χ1v) is 11.0. The Labute approximate surface area is 191 Å². The van der Waals surface area contributed by atoms with E-state index in [1.54, 1.807) is 24.0 Å². The van der Waals surface area contributed by atoms with Crippen LogP contribution in [0, 0.1) is 22.0 Å². The van der Waals surface area contributed by atoms with Crippen molar-refractivity contribution in [3.8, 4) is 0 Å². The van der Waals surface area contributed by atoms with Gasteiger partial charge in [-0.15, -0.1) is 0 Å². The molecule has 4 rings (SSSR count). The third kappa shape index (κ3) is 4.06. The van der Waals surface area contributed by atoms with Gasteiger partial charge in [-0.25, -0.2) is 4.98 Å². The molecule has 0 bridgehead atoms. The minimum Gasteiger partial charge on any atom is -0.465 e. The van der Waals surface area contributed by atoms with Crippen molar-refractivity contribution in [1.29, 1.82) is 0 Å². The van der Waals surface area contributed by atoms with Crippen LogP contribution in [0.1, 0.15) is 38.8 Å². The number of hydrogen-bond donors (Lipinski definition) is 0. The fourth-order valence-corrected chi connectivity index (χ4v) is 4.24. The van der Waals surface area contributed by atoms with Gasteiger partial charge >= 0.3 is 5.97 Å². The number of rotatable bonds is 7. The summed E-state index contributed by atoms with van der Waals surface area (Å²) in [4.78, 5) is 43.8. The number of non-ortho nitro benzene ring substituents is 1. The van der Waals surface area contributed by atoms with Crippen molar-refractivity contribution in [3.63, 3.8) is 0 Å². The van der Waals surface area contributed by atoms with Crippen molar-refractivity contribution in [2.45, 2.75) is 33.2 Å². The lowest BCUT2D eigenvalue weighted by molar-refractivity contribution is -0.384. The summed E-state index contributed by atoms with van der Waals surface area (Å²) >= 11 is 0. The quantitative estimate of drug-likeness (QED) is 0.232. The van der Waals surface area contributed by atoms with Gasteiger partial charge in [-0.1, -0.05) is 38.1 Å². The number of nitro groups is 1. The number of nitrogens with zero attached hydrogens (tertiary/aromatic N) is 4. The largest absolute Gasteiger partial charge is 0.465 e. The zero-order chi connectivity index (χ0) is 23.7. The molecule has 0 unspecified atom stereocenters. The Morgan fingerprint density at radius 3 is 2.52 bits per heavy atom. The molecule has 0 N–H and O–H groups in total. The Kier molecular flexibility index (Phi) is 6.13. The van der Waals surface area contributed by atoms with Gasteiger partial charge in [-0.2, -0.15) is 0 Å². The summed E-state index contributed by atoms with van der Waals surface area (Å²) in [6, 6.07) is 12.7. The van der Waals surface area contributed by atoms with Crippen LogP contribution in [0.2, 0.25) is 0 Å². The third-order valence-electron chi connectivity index (χ3n) is 5.86. The molecule has 9 nitrogen and oxygen atoms in total. The Morgan fingerprint density at radius 1 is 1.18 bits per heavy atom. The molecule has 0 saturated carbocycles. The third-order valence-corrected chi connectivity index (χ3v) is 5.86. The Morgan fingerprint density at radius 2 is 1.88 bits per heavy atom. The van der Waals surface area contributed by atoms with Gasteiger partial charge in [0.1, 0.15) is 0 Å². The lowest BCUT2D eigenvalue weighted by Gasteiger charge is -2.38. The van der Waals surface area contributed by atoms with E-state index in [1.807, 2.05) is 28.8 Å². The average Bonchev–Trinajstić information content (AvgIpc) is 3.17. The molecule has 0 radical (unpaired) electrons. The molecule has 0 aliphatic carbocycles. The fourth-order valence-electron chi connectivity index (χ4n) is 4.24. The number of ether oxygens (including phenoxy) is 1. The van der Waals surface area contributed by atoms with Crippen molar-refractivity contribution >= 4 is 34.5 Å². The van der Waals surface area contributed by atoms with Crippen LogP contribution in [0.25, 0.3) is 11.0 Å². The van der Waals surface area contributed by atoms with Crippen LogP contribution in [0.4, 0.5) is 11.6 Å². The number of carbonyl (C=O) groups excluding carboxylic acids is 2. The van der Waals surface area contributed by atoms with Gasteiger partial charge in [0.25, 0.3) is 5.69 Å². The molecule has 2 aromatic carbocycles. The van der Waals surface area contributed by atoms with E-state index in [2.05, 4.69) is 13.8 Å². The van der Waals surface area contributed by atoms with E-state index in [0.29, 0.717) is 29.5 Å². The van der Waals surface area contributed by atoms with Crippen molar-refractivity contribution in [3.05, 3.63) is 64.2 Å². The van der Waals surface area contributed by atoms with Gasteiger partial charge in [0.15, 0.2) is 5.92 Å². The summed E-state index contributed by atoms with van der Waals surface area (Å²) in [6.45, 7) is 6.39. The first-order chi connectivity index (χ1) is 15.8. The zero-order valence-electron chi connectivity index (χ0n) is 18.8. The molecule has 9 heteroatoms. The molecule has 0 saturated heterocycles. The molecule has 2 atom stereocenters. The number of nitro benzene ring substituents is 1. The topological polar surface area (TPSA) is 108 Å². The molecular weight excluding hydrogens is 424 g/mol. The predicted octanol–water partition coefficient (Wildman–Crippen LogP) is 4.11. The van der Waals surface area contributed by atoms with E-state index >= 15 is 0 Å². The normalized spacial score (nSPS) is 17.9. The summed E-state index contributed by atoms with van der Waals surface area (Å²) < 4.78 is 7.20. The van der Waals surface area contributed by atoms with Gasteiger partial charge in [0.05, 0.1) is 28.6 Å². The van der Waals surface area contributed by atoms with E-state index in [4.69, 9.17) is 9.72 Å². The zero-order valence-corrected chi connectivity index (χ0v) is 18.8. The maximum atomic E-state index is 13.7. The highest BCUT2D eigenvalue weighted by atomic mass is 16.6. The van der Waals surface area contributed by atoms with Gasteiger partial charge in [0.2, 0.25) is 11.9 Å². The Bertz CT molecular complexity index is 1200. The number of benzene rings is 2. The van der Waals surface area contributed by atoms with Crippen LogP contribution in [0.3, 0.4) is 0 Å². The van der Waals surface area contributed by atoms with E-state index < -0.39 is 22.9 Å². The molecule has 1 amide bonds. The second kappa shape index (κ2) is 9.01. The molecule has 1 aliphatic rings. The number of para-hydroxylation sites is 2. The number of aromatic nitrogens is 2. The summed E-state index contributed by atoms with van der Waals surface area (Å²) in [5, 5.41) is 11.2. The maximum absolute atomic E-state index is 13.7. The average molecular weight is 450 g/mol. The highest BCUT2D eigenvalue weighted by Gasteiger charge is 2.47. The monoisotopic (exact) mass is 450 g/mol. The second-order valence-electron chi connectivity index (χ2n) is 8.47. The molecule has 0 fully saturated rings. The van der Waals surface area contributed by atoms with Crippen LogP contribution < -0.4 is 4.90 Å². The van der Waals surface area contributed by atoms with Crippen LogP contribution in [0.5, 0.6) is 0 Å². The van der Waals surface area contributed by atoms with Gasteiger partial charge in [-0.3, -0.25) is 24.6 Å². The molecule has 2 heterocycles. The van der Waals surface area contributed by atoms with Gasteiger partial charge in [-0.05, 0) is 37.0 Å². The first-order valence-electron chi connectivity index (χ1n) is 11.0. The molecular formula is C24H26N4O5. The smallest absolute Gasteiger partial charge is 0.321 e. The SMILES string of the molecule is CCOC(=O)[C@@H]1C(=O)N(CCC(C)C)c2nc3ccccc3n2[C@H]1c1ccc([N+](=O)[O-])cc1. The summed E-state index contributed by atoms with van der Waals surface area (Å²) in [5.41, 5.74) is 2.00. The molecule has 172 valence electrons. The number of imidazole rings is 1. The van der Waals surface area contributed by atoms with Crippen LogP contribution in [-0.4, -0.2) is 39.5 Å². The first kappa shape index (κ1) is 22.4. The number of amides is 1. The molecule has 0 spiro atoms. The van der Waals surface area contributed by atoms with E-state index in [0.717, 1.165) is 11.9 Å². The Balaban J connectivity index is 1.94. The molecule has 33 heavy (non-hydrogen) atoms. The van der Waals surface area contributed by atoms with Gasteiger partial charge in [0, 0.05) is 18.7 Å². The van der Waals surface area contributed by atoms with E-state index in [1.165, 1.54) is 12.1 Å². The maximum Gasteiger partial charge on any atom is 0.321 e. The highest BCUT2D eigenvalue weighted by Crippen LogP contribution is 2.41. The highest BCUT2D eigenvalue weighted by molar-refractivity contribution is 6.08. The number of esters is 1. The summed E-state index contributed by atoms with van der Waals surface area (Å²) in [7, 11) is 0. The van der Waals surface area contributed by atoms with Crippen molar-refractivity contribution < 1.29 is 19.2 Å². The van der Waals surface area contributed by atoms with Crippen LogP contribution in [0.15, 0.2) is 48.5 Å². The molecule has 3 aromatic rings. The lowest BCUT2D eigenvalue weighted by Crippen LogP contribution is -2.50. The van der Waals surface area contributed by atoms with Gasteiger partial charge < -0.3 is 9.30 Å². The molecule has 1 aliphatic heterocycles. The molecule has 1 aromatic heterocycles. The predicted molar refractivity (Wildman–Crippen MR) is 123 cm³/mol. The number of anilines is 1. The minimum absolute atomic E-state index is 0.0668. The number of carbonyl (C=O) groups is 2. The van der Waals surface area contributed by atoms with Crippen molar-refractivity contribution in [2.75, 3.05) is 18.1 Å². The summed E-state index contributed by atoms with van der Waals surface area (Å²) in [5.74, 6) is -1.32. The van der Waals surface area contributed by atoms with Crippen LogP contribution >= 0.6 is 0 Å². The van der Waals surface area contributed by atoms with Crippen molar-refractivity contribution in [1.82, 2.24) is 9.55 Å². The summed E-state index contributed by atoms with van der Waals surface area (Å²) in [6.07, 6.45) is 0.743. The number of hydrogen-bond acceptors (Lipinski definition) is 6. The standard InChI is InChI=1S/C24H26N4O5/c1-4-33-23(30)20-21(16-9-11-17(12-10-16)28(31)32)27-19-8-6-5-7-18(19)25-24(27)26(22(20)29)14-13-15(2)3/h5-12,15,20-21H,4,13-14H2,1-3H3/t20-,21-/m0/s1. The lowest BCUT2D eigenvalue weighted by atomic mass is 9.89. The Hall–Kier alpha value is -3.75. The van der Waals surface area contributed by atoms with Crippen molar-refractivity contribution in [2.24, 2.45) is 11.8 Å². The van der Waals surface area contributed by atoms with E-state index in [-0.39, 0.29) is 18.2 Å². The second-order valence-corrected chi connectivity index (χ2v) is 8.47. The fraction of sp³-hybridized carbons (Fsp3) is 0.375. The number of fused-ring (bicyclic) bond motifs is 3. The van der Waals surface area contributed by atoms with E-state index in [9.17, 15) is 19.7 Å². The minimum atomic E-state index is -1.14. The van der Waals surface area contributed by atoms with Crippen LogP contribution in [-0.2, 0) is 14.3 Å².